The summed E-state index contributed by atoms with van der Waals surface area (Å²) in [5.74, 6) is -0.387. The second-order valence-corrected chi connectivity index (χ2v) is 6.08. The number of benzene rings is 1. The molecular weight excluding hydrogens is 386 g/mol. The highest BCUT2D eigenvalue weighted by Crippen LogP contribution is 2.21. The maximum atomic E-state index is 12.4. The number of halogens is 2. The Labute approximate surface area is 150 Å². The molecule has 6 nitrogen and oxygen atoms in total. The summed E-state index contributed by atoms with van der Waals surface area (Å²) in [5, 5.41) is 5.90. The smallest absolute Gasteiger partial charge is 0.244 e. The van der Waals surface area contributed by atoms with Gasteiger partial charge in [0.2, 0.25) is 11.8 Å². The van der Waals surface area contributed by atoms with Crippen molar-refractivity contribution in [3.05, 3.63) is 28.7 Å². The summed E-state index contributed by atoms with van der Waals surface area (Å²) < 4.78 is 6.26. The molecule has 0 bridgehead atoms. The summed E-state index contributed by atoms with van der Waals surface area (Å²) in [6.07, 6.45) is -0.199. The average Bonchev–Trinajstić information content (AvgIpc) is 2.49. The van der Waals surface area contributed by atoms with E-state index in [1.54, 1.807) is 13.1 Å². The largest absolute Gasteiger partial charge is 0.375 e. The number of hydrogen-bond acceptors (Lipinski definition) is 4. The molecule has 1 saturated heterocycles. The third-order valence-corrected chi connectivity index (χ3v) is 4.18. The van der Waals surface area contributed by atoms with Crippen LogP contribution in [0.25, 0.3) is 0 Å². The number of likely N-dealkylation sites (N-methyl/N-ethyl adjacent to an activating group) is 1. The molecule has 2 amide bonds. The van der Waals surface area contributed by atoms with E-state index in [0.29, 0.717) is 18.8 Å². The number of nitrogens with zero attached hydrogens (tertiary/aromatic N) is 1. The van der Waals surface area contributed by atoms with Crippen LogP contribution in [0.3, 0.4) is 0 Å². The van der Waals surface area contributed by atoms with Gasteiger partial charge in [-0.05, 0) is 35.0 Å². The van der Waals surface area contributed by atoms with Gasteiger partial charge >= 0.3 is 0 Å². The maximum Gasteiger partial charge on any atom is 0.244 e. The molecule has 1 aliphatic rings. The molecule has 2 atom stereocenters. The van der Waals surface area contributed by atoms with E-state index in [-0.39, 0.29) is 36.9 Å². The fourth-order valence-electron chi connectivity index (χ4n) is 2.29. The van der Waals surface area contributed by atoms with Crippen molar-refractivity contribution in [3.63, 3.8) is 0 Å². The number of para-hydroxylation sites is 1. The summed E-state index contributed by atoms with van der Waals surface area (Å²) in [7, 11) is 1.62. The normalized spacial score (nSPS) is 20.3. The molecule has 1 aromatic rings. The van der Waals surface area contributed by atoms with E-state index < -0.39 is 6.04 Å². The summed E-state index contributed by atoms with van der Waals surface area (Å²) in [5.41, 5.74) is 0.681. The number of anilines is 1. The van der Waals surface area contributed by atoms with Crippen LogP contribution >= 0.6 is 28.3 Å². The number of amides is 2. The van der Waals surface area contributed by atoms with Crippen LogP contribution in [0.2, 0.25) is 0 Å². The van der Waals surface area contributed by atoms with Crippen molar-refractivity contribution in [2.45, 2.75) is 19.1 Å². The van der Waals surface area contributed by atoms with Gasteiger partial charge in [0.05, 0.1) is 24.9 Å². The second-order valence-electron chi connectivity index (χ2n) is 5.23. The van der Waals surface area contributed by atoms with E-state index in [2.05, 4.69) is 26.6 Å². The number of morpholine rings is 1. The van der Waals surface area contributed by atoms with Crippen LogP contribution in [0.4, 0.5) is 5.69 Å². The SMILES string of the molecule is C[C@H]1OCCN[C@@H]1C(=O)N(C)CC(=O)Nc1ccccc1Br.Cl. The molecule has 1 heterocycles. The van der Waals surface area contributed by atoms with Crippen LogP contribution in [-0.2, 0) is 14.3 Å². The minimum Gasteiger partial charge on any atom is -0.375 e. The van der Waals surface area contributed by atoms with Crippen LogP contribution in [0.1, 0.15) is 6.92 Å². The molecule has 1 aromatic carbocycles. The van der Waals surface area contributed by atoms with Crippen molar-refractivity contribution in [3.8, 4) is 0 Å². The number of ether oxygens (including phenoxy) is 1. The zero-order valence-electron chi connectivity index (χ0n) is 13.0. The lowest BCUT2D eigenvalue weighted by molar-refractivity contribution is -0.140. The summed E-state index contributed by atoms with van der Waals surface area (Å²) in [6, 6.07) is 6.93. The summed E-state index contributed by atoms with van der Waals surface area (Å²) in [4.78, 5) is 25.8. The molecule has 1 aliphatic heterocycles. The average molecular weight is 407 g/mol. The molecule has 0 aliphatic carbocycles. The Balaban J connectivity index is 0.00000264. The first-order chi connectivity index (χ1) is 10.5. The van der Waals surface area contributed by atoms with Gasteiger partial charge in [0.25, 0.3) is 0 Å². The van der Waals surface area contributed by atoms with Crippen LogP contribution < -0.4 is 10.6 Å². The van der Waals surface area contributed by atoms with E-state index in [0.717, 1.165) is 4.47 Å². The first-order valence-electron chi connectivity index (χ1n) is 7.13. The Hall–Kier alpha value is -1.15. The number of nitrogens with one attached hydrogen (secondary N) is 2. The molecule has 8 heteroatoms. The van der Waals surface area contributed by atoms with Crippen LogP contribution in [0.15, 0.2) is 28.7 Å². The standard InChI is InChI=1S/C15H20BrN3O3.ClH/c1-10-14(17-7-8-22-10)15(21)19(2)9-13(20)18-12-6-4-3-5-11(12)16;/h3-6,10,14,17H,7-9H2,1-2H3,(H,18,20);1H/t10-,14+;/m1./s1. The highest BCUT2D eigenvalue weighted by Gasteiger charge is 2.31. The van der Waals surface area contributed by atoms with Gasteiger partial charge in [-0.3, -0.25) is 9.59 Å². The number of rotatable bonds is 4. The molecule has 23 heavy (non-hydrogen) atoms. The predicted molar refractivity (Wildman–Crippen MR) is 94.9 cm³/mol. The zero-order chi connectivity index (χ0) is 16.1. The molecule has 0 unspecified atom stereocenters. The topological polar surface area (TPSA) is 70.7 Å². The van der Waals surface area contributed by atoms with E-state index >= 15 is 0 Å². The minimum absolute atomic E-state index is 0. The zero-order valence-corrected chi connectivity index (χ0v) is 15.4. The molecule has 2 rings (SSSR count). The first kappa shape index (κ1) is 19.9. The van der Waals surface area contributed by atoms with Gasteiger partial charge in [-0.15, -0.1) is 12.4 Å². The van der Waals surface area contributed by atoms with Crippen LogP contribution in [0.5, 0.6) is 0 Å². The summed E-state index contributed by atoms with van der Waals surface area (Å²) in [6.45, 7) is 3.07. The van der Waals surface area contributed by atoms with Crippen molar-refractivity contribution in [1.29, 1.82) is 0 Å². The van der Waals surface area contributed by atoms with Gasteiger partial charge in [-0.25, -0.2) is 0 Å². The Bertz CT molecular complexity index is 559. The van der Waals surface area contributed by atoms with Gasteiger partial charge in [-0.1, -0.05) is 12.1 Å². The van der Waals surface area contributed by atoms with Crippen molar-refractivity contribution < 1.29 is 14.3 Å². The lowest BCUT2D eigenvalue weighted by Crippen LogP contribution is -2.56. The highest BCUT2D eigenvalue weighted by atomic mass is 79.9. The molecule has 1 fully saturated rings. The molecule has 128 valence electrons. The van der Waals surface area contributed by atoms with Crippen molar-refractivity contribution >= 4 is 45.8 Å². The monoisotopic (exact) mass is 405 g/mol. The lowest BCUT2D eigenvalue weighted by Gasteiger charge is -2.32. The van der Waals surface area contributed by atoms with Crippen LogP contribution in [-0.4, -0.2) is 55.6 Å². The van der Waals surface area contributed by atoms with Gasteiger partial charge in [0.1, 0.15) is 6.04 Å². The second kappa shape index (κ2) is 9.22. The van der Waals surface area contributed by atoms with Gasteiger partial charge in [-0.2, -0.15) is 0 Å². The maximum absolute atomic E-state index is 12.4. The van der Waals surface area contributed by atoms with E-state index in [1.165, 1.54) is 4.90 Å². The molecular formula is C15H21BrClN3O3. The Morgan fingerprint density at radius 1 is 1.43 bits per heavy atom. The highest BCUT2D eigenvalue weighted by molar-refractivity contribution is 9.10. The predicted octanol–water partition coefficient (Wildman–Crippen LogP) is 1.64. The molecule has 0 aromatic heterocycles. The van der Waals surface area contributed by atoms with Gasteiger partial charge in [0.15, 0.2) is 0 Å². The lowest BCUT2D eigenvalue weighted by atomic mass is 10.1. The number of hydrogen-bond donors (Lipinski definition) is 2. The van der Waals surface area contributed by atoms with E-state index in [1.807, 2.05) is 25.1 Å². The fourth-order valence-corrected chi connectivity index (χ4v) is 2.68. The molecule has 0 radical (unpaired) electrons. The molecule has 2 N–H and O–H groups in total. The number of carbonyl (C=O) groups excluding carboxylic acids is 2. The Morgan fingerprint density at radius 3 is 2.78 bits per heavy atom. The third kappa shape index (κ3) is 5.46. The third-order valence-electron chi connectivity index (χ3n) is 3.49. The van der Waals surface area contributed by atoms with Gasteiger partial charge < -0.3 is 20.3 Å². The Kier molecular flexibility index (Phi) is 7.98. The fraction of sp³-hybridized carbons (Fsp3) is 0.467. The molecule has 0 saturated carbocycles. The van der Waals surface area contributed by atoms with Crippen molar-refractivity contribution in [2.24, 2.45) is 0 Å². The van der Waals surface area contributed by atoms with E-state index in [4.69, 9.17) is 4.74 Å². The van der Waals surface area contributed by atoms with Gasteiger partial charge in [0, 0.05) is 18.1 Å². The Morgan fingerprint density at radius 2 is 2.13 bits per heavy atom. The summed E-state index contributed by atoms with van der Waals surface area (Å²) >= 11 is 3.37. The van der Waals surface area contributed by atoms with E-state index in [9.17, 15) is 9.59 Å². The minimum atomic E-state index is -0.407. The van der Waals surface area contributed by atoms with Crippen molar-refractivity contribution in [1.82, 2.24) is 10.2 Å². The number of carbonyl (C=O) groups is 2. The quantitative estimate of drug-likeness (QED) is 0.797. The van der Waals surface area contributed by atoms with Crippen molar-refractivity contribution in [2.75, 3.05) is 32.1 Å². The van der Waals surface area contributed by atoms with Crippen LogP contribution in [0, 0.1) is 0 Å². The molecule has 0 spiro atoms. The first-order valence-corrected chi connectivity index (χ1v) is 7.92.